The first-order valence-electron chi connectivity index (χ1n) is 6.22. The van der Waals surface area contributed by atoms with E-state index < -0.39 is 38.8 Å². The van der Waals surface area contributed by atoms with Gasteiger partial charge < -0.3 is 4.74 Å². The number of thiazole rings is 1. The number of hydrogen-bond donors (Lipinski definition) is 1. The molecule has 1 aromatic heterocycles. The average molecular weight is 393 g/mol. The molecule has 1 amide bonds. The number of anilines is 1. The van der Waals surface area contributed by atoms with E-state index >= 15 is 0 Å². The summed E-state index contributed by atoms with van der Waals surface area (Å²) in [6.07, 6.45) is 2.07. The predicted octanol–water partition coefficient (Wildman–Crippen LogP) is 2.52. The number of sulfone groups is 1. The maximum absolute atomic E-state index is 14.3. The number of esters is 1. The SMILES string of the molecule is CC(=O)Oc1cc(Cl)cc(C(=O)Nc2ncc(S(C)(=O)=O)s2)c1F. The van der Waals surface area contributed by atoms with Crippen LogP contribution in [-0.4, -0.2) is 31.5 Å². The van der Waals surface area contributed by atoms with Crippen LogP contribution in [0.5, 0.6) is 5.75 Å². The third kappa shape index (κ3) is 4.28. The predicted molar refractivity (Wildman–Crippen MR) is 85.9 cm³/mol. The molecule has 1 heterocycles. The minimum Gasteiger partial charge on any atom is -0.423 e. The van der Waals surface area contributed by atoms with Crippen LogP contribution in [0.4, 0.5) is 9.52 Å². The lowest BCUT2D eigenvalue weighted by molar-refractivity contribution is -0.132. The second-order valence-corrected chi connectivity index (χ2v) is 8.28. The van der Waals surface area contributed by atoms with Crippen molar-refractivity contribution in [2.45, 2.75) is 11.1 Å². The molecule has 0 unspecified atom stereocenters. The number of carbonyl (C=O) groups excluding carboxylic acids is 2. The van der Waals surface area contributed by atoms with Crippen molar-refractivity contribution in [3.63, 3.8) is 0 Å². The van der Waals surface area contributed by atoms with Crippen molar-refractivity contribution in [3.05, 3.63) is 34.7 Å². The molecule has 0 radical (unpaired) electrons. The molecule has 0 saturated heterocycles. The van der Waals surface area contributed by atoms with Gasteiger partial charge in [-0.1, -0.05) is 22.9 Å². The molecule has 0 aliphatic carbocycles. The summed E-state index contributed by atoms with van der Waals surface area (Å²) in [5.41, 5.74) is -0.477. The monoisotopic (exact) mass is 392 g/mol. The van der Waals surface area contributed by atoms with Gasteiger partial charge in [-0.3, -0.25) is 14.9 Å². The molecule has 0 aliphatic heterocycles. The largest absolute Gasteiger partial charge is 0.423 e. The normalized spacial score (nSPS) is 11.2. The van der Waals surface area contributed by atoms with Gasteiger partial charge in [0.2, 0.25) is 0 Å². The van der Waals surface area contributed by atoms with Gasteiger partial charge in [-0.15, -0.1) is 0 Å². The lowest BCUT2D eigenvalue weighted by Gasteiger charge is -2.08. The van der Waals surface area contributed by atoms with Crippen molar-refractivity contribution in [3.8, 4) is 5.75 Å². The van der Waals surface area contributed by atoms with Crippen LogP contribution in [-0.2, 0) is 14.6 Å². The van der Waals surface area contributed by atoms with E-state index in [1.807, 2.05) is 0 Å². The number of ether oxygens (including phenoxy) is 1. The maximum atomic E-state index is 14.3. The molecule has 128 valence electrons. The Morgan fingerprint density at radius 1 is 1.38 bits per heavy atom. The molecule has 0 saturated carbocycles. The van der Waals surface area contributed by atoms with Crippen LogP contribution in [0, 0.1) is 5.82 Å². The molecule has 7 nitrogen and oxygen atoms in total. The molecular formula is C13H10ClFN2O5S2. The van der Waals surface area contributed by atoms with Crippen molar-refractivity contribution < 1.29 is 27.1 Å². The quantitative estimate of drug-likeness (QED) is 0.633. The summed E-state index contributed by atoms with van der Waals surface area (Å²) in [7, 11) is -3.47. The van der Waals surface area contributed by atoms with Gasteiger partial charge >= 0.3 is 5.97 Å². The fourth-order valence-corrected chi connectivity index (χ4v) is 3.45. The number of benzene rings is 1. The third-order valence-electron chi connectivity index (χ3n) is 2.57. The Kier molecular flexibility index (Phi) is 5.21. The molecule has 0 fully saturated rings. The van der Waals surface area contributed by atoms with E-state index in [0.717, 1.165) is 31.5 Å². The number of carbonyl (C=O) groups is 2. The van der Waals surface area contributed by atoms with Gasteiger partial charge in [-0.25, -0.2) is 17.8 Å². The van der Waals surface area contributed by atoms with Gasteiger partial charge in [0.25, 0.3) is 5.91 Å². The Hall–Kier alpha value is -2.04. The minimum absolute atomic E-state index is 0.0197. The first-order valence-corrected chi connectivity index (χ1v) is 9.31. The van der Waals surface area contributed by atoms with Gasteiger partial charge in [-0.05, 0) is 6.07 Å². The van der Waals surface area contributed by atoms with Crippen molar-refractivity contribution in [2.75, 3.05) is 11.6 Å². The Balaban J connectivity index is 2.31. The van der Waals surface area contributed by atoms with Crippen LogP contribution < -0.4 is 10.1 Å². The van der Waals surface area contributed by atoms with E-state index in [4.69, 9.17) is 11.6 Å². The number of halogens is 2. The molecule has 0 aliphatic rings. The van der Waals surface area contributed by atoms with Crippen molar-refractivity contribution in [1.82, 2.24) is 4.98 Å². The minimum atomic E-state index is -3.47. The van der Waals surface area contributed by atoms with E-state index in [1.54, 1.807) is 0 Å². The number of nitrogens with one attached hydrogen (secondary N) is 1. The summed E-state index contributed by atoms with van der Waals surface area (Å²) in [6, 6.07) is 2.10. The second-order valence-electron chi connectivity index (χ2n) is 4.57. The Labute approximate surface area is 145 Å². The zero-order valence-electron chi connectivity index (χ0n) is 12.3. The van der Waals surface area contributed by atoms with E-state index in [1.165, 1.54) is 0 Å². The highest BCUT2D eigenvalue weighted by molar-refractivity contribution is 7.92. The zero-order valence-corrected chi connectivity index (χ0v) is 14.7. The first-order chi connectivity index (χ1) is 11.1. The standard InChI is InChI=1S/C13H10ClFN2O5S2/c1-6(18)22-9-4-7(14)3-8(11(9)15)12(19)17-13-16-5-10(23-13)24(2,20)21/h3-5H,1-2H3,(H,16,17,19). The van der Waals surface area contributed by atoms with Crippen LogP contribution in [0.15, 0.2) is 22.5 Å². The van der Waals surface area contributed by atoms with Gasteiger partial charge in [0.1, 0.15) is 4.21 Å². The summed E-state index contributed by atoms with van der Waals surface area (Å²) >= 11 is 6.50. The van der Waals surface area contributed by atoms with Crippen LogP contribution in [0.1, 0.15) is 17.3 Å². The summed E-state index contributed by atoms with van der Waals surface area (Å²) in [4.78, 5) is 26.8. The Bertz CT molecular complexity index is 926. The highest BCUT2D eigenvalue weighted by Gasteiger charge is 2.21. The smallest absolute Gasteiger partial charge is 0.308 e. The molecule has 1 N–H and O–H groups in total. The Morgan fingerprint density at radius 2 is 2.04 bits per heavy atom. The lowest BCUT2D eigenvalue weighted by Crippen LogP contribution is -2.15. The topological polar surface area (TPSA) is 102 Å². The number of rotatable bonds is 4. The summed E-state index contributed by atoms with van der Waals surface area (Å²) in [6.45, 7) is 1.07. The van der Waals surface area contributed by atoms with Gasteiger partial charge in [0.05, 0.1) is 11.8 Å². The average Bonchev–Trinajstić information content (AvgIpc) is 2.90. The summed E-state index contributed by atoms with van der Waals surface area (Å²) in [5, 5.41) is 2.21. The fourth-order valence-electron chi connectivity index (χ4n) is 1.61. The molecule has 0 atom stereocenters. The van der Waals surface area contributed by atoms with Gasteiger partial charge in [-0.2, -0.15) is 0 Å². The molecular weight excluding hydrogens is 383 g/mol. The molecule has 0 spiro atoms. The lowest BCUT2D eigenvalue weighted by atomic mass is 10.2. The molecule has 0 bridgehead atoms. The van der Waals surface area contributed by atoms with Crippen molar-refractivity contribution >= 4 is 49.8 Å². The fraction of sp³-hybridized carbons (Fsp3) is 0.154. The van der Waals surface area contributed by atoms with E-state index in [0.29, 0.717) is 11.3 Å². The van der Waals surface area contributed by atoms with Crippen LogP contribution in [0.2, 0.25) is 5.02 Å². The highest BCUT2D eigenvalue weighted by Crippen LogP contribution is 2.28. The number of nitrogens with zero attached hydrogens (tertiary/aromatic N) is 1. The van der Waals surface area contributed by atoms with Crippen LogP contribution in [0.3, 0.4) is 0 Å². The van der Waals surface area contributed by atoms with Crippen molar-refractivity contribution in [1.29, 1.82) is 0 Å². The number of aromatic nitrogens is 1. The van der Waals surface area contributed by atoms with Crippen LogP contribution in [0.25, 0.3) is 0 Å². The number of amides is 1. The molecule has 2 aromatic rings. The highest BCUT2D eigenvalue weighted by atomic mass is 35.5. The number of hydrogen-bond acceptors (Lipinski definition) is 7. The molecule has 11 heteroatoms. The van der Waals surface area contributed by atoms with Gasteiger partial charge in [0, 0.05) is 24.3 Å². The molecule has 2 rings (SSSR count). The van der Waals surface area contributed by atoms with Crippen molar-refractivity contribution in [2.24, 2.45) is 0 Å². The Morgan fingerprint density at radius 3 is 2.58 bits per heavy atom. The molecule has 1 aromatic carbocycles. The maximum Gasteiger partial charge on any atom is 0.308 e. The second kappa shape index (κ2) is 6.83. The zero-order chi connectivity index (χ0) is 18.1. The third-order valence-corrected chi connectivity index (χ3v) is 5.49. The molecule has 24 heavy (non-hydrogen) atoms. The van der Waals surface area contributed by atoms with E-state index in [9.17, 15) is 22.4 Å². The van der Waals surface area contributed by atoms with E-state index in [2.05, 4.69) is 15.0 Å². The summed E-state index contributed by atoms with van der Waals surface area (Å²) < 4.78 is 41.6. The van der Waals surface area contributed by atoms with Gasteiger partial charge in [0.15, 0.2) is 26.5 Å². The summed E-state index contributed by atoms with van der Waals surface area (Å²) in [5.74, 6) is -3.26. The van der Waals surface area contributed by atoms with E-state index in [-0.39, 0.29) is 14.4 Å². The van der Waals surface area contributed by atoms with Crippen LogP contribution >= 0.6 is 22.9 Å². The first kappa shape index (κ1) is 18.3.